The predicted octanol–water partition coefficient (Wildman–Crippen LogP) is 1.69. The highest BCUT2D eigenvalue weighted by molar-refractivity contribution is 6.02. The number of carbonyl (C=O) groups is 1. The molecule has 0 aliphatic carbocycles. The number of nitrogens with zero attached hydrogens (tertiary/aromatic N) is 1. The molecule has 0 atom stereocenters. The Morgan fingerprint density at radius 3 is 2.94 bits per heavy atom. The van der Waals surface area contributed by atoms with E-state index in [-0.39, 0.29) is 18.2 Å². The summed E-state index contributed by atoms with van der Waals surface area (Å²) in [7, 11) is 0. The van der Waals surface area contributed by atoms with Crippen molar-refractivity contribution < 1.29 is 9.21 Å². The summed E-state index contributed by atoms with van der Waals surface area (Å²) in [5.41, 5.74) is 6.30. The summed E-state index contributed by atoms with van der Waals surface area (Å²) in [5, 5.41) is 2.68. The summed E-state index contributed by atoms with van der Waals surface area (Å²) in [5.74, 6) is 1.01. The number of rotatable bonds is 3. The van der Waals surface area contributed by atoms with Crippen LogP contribution in [0.4, 0.5) is 5.82 Å². The maximum Gasteiger partial charge on any atom is 0.292 e. The second-order valence-corrected chi connectivity index (χ2v) is 3.59. The number of carbonyl (C=O) groups excluding carboxylic acids is 1. The van der Waals surface area contributed by atoms with Crippen LogP contribution in [-0.2, 0) is 6.54 Å². The minimum atomic E-state index is -0.327. The Morgan fingerprint density at radius 1 is 1.47 bits per heavy atom. The SMILES string of the molecule is Cc1cccnc1NC(=O)c1ccc(CN)o1. The van der Waals surface area contributed by atoms with Crippen molar-refractivity contribution in [2.45, 2.75) is 13.5 Å². The third-order valence-corrected chi connectivity index (χ3v) is 2.33. The molecule has 0 aliphatic heterocycles. The van der Waals surface area contributed by atoms with Gasteiger partial charge < -0.3 is 15.5 Å². The molecule has 2 aromatic heterocycles. The van der Waals surface area contributed by atoms with Gasteiger partial charge in [0.25, 0.3) is 5.91 Å². The van der Waals surface area contributed by atoms with Crippen LogP contribution in [0.1, 0.15) is 21.9 Å². The normalized spacial score (nSPS) is 10.2. The number of amides is 1. The van der Waals surface area contributed by atoms with E-state index in [1.807, 2.05) is 19.1 Å². The lowest BCUT2D eigenvalue weighted by atomic mass is 10.3. The fourth-order valence-corrected chi connectivity index (χ4v) is 1.40. The van der Waals surface area contributed by atoms with Gasteiger partial charge in [-0.3, -0.25) is 4.79 Å². The third-order valence-electron chi connectivity index (χ3n) is 2.33. The predicted molar refractivity (Wildman–Crippen MR) is 63.5 cm³/mol. The van der Waals surface area contributed by atoms with Crippen molar-refractivity contribution in [1.29, 1.82) is 0 Å². The lowest BCUT2D eigenvalue weighted by Crippen LogP contribution is -2.13. The number of aryl methyl sites for hydroxylation is 1. The molecule has 0 radical (unpaired) electrons. The van der Waals surface area contributed by atoms with E-state index < -0.39 is 0 Å². The van der Waals surface area contributed by atoms with E-state index in [0.717, 1.165) is 5.56 Å². The molecule has 2 rings (SSSR count). The molecule has 2 aromatic rings. The second kappa shape index (κ2) is 4.80. The van der Waals surface area contributed by atoms with Crippen LogP contribution in [0.25, 0.3) is 0 Å². The van der Waals surface area contributed by atoms with Crippen LogP contribution in [0.3, 0.4) is 0 Å². The minimum Gasteiger partial charge on any atom is -0.455 e. The highest BCUT2D eigenvalue weighted by Crippen LogP contribution is 2.13. The molecule has 0 spiro atoms. The van der Waals surface area contributed by atoms with Crippen LogP contribution in [-0.4, -0.2) is 10.9 Å². The van der Waals surface area contributed by atoms with Gasteiger partial charge in [-0.25, -0.2) is 4.98 Å². The summed E-state index contributed by atoms with van der Waals surface area (Å²) >= 11 is 0. The molecule has 5 nitrogen and oxygen atoms in total. The maximum atomic E-state index is 11.8. The van der Waals surface area contributed by atoms with Crippen LogP contribution in [0, 0.1) is 6.92 Å². The molecule has 3 N–H and O–H groups in total. The highest BCUT2D eigenvalue weighted by Gasteiger charge is 2.12. The quantitative estimate of drug-likeness (QED) is 0.842. The van der Waals surface area contributed by atoms with E-state index in [1.165, 1.54) is 0 Å². The molecular formula is C12H13N3O2. The molecule has 17 heavy (non-hydrogen) atoms. The Balaban J connectivity index is 2.14. The van der Waals surface area contributed by atoms with E-state index in [1.54, 1.807) is 18.3 Å². The Hall–Kier alpha value is -2.14. The molecule has 0 saturated heterocycles. The Bertz CT molecular complexity index is 534. The van der Waals surface area contributed by atoms with Gasteiger partial charge in [0.15, 0.2) is 5.76 Å². The van der Waals surface area contributed by atoms with Crippen LogP contribution in [0.5, 0.6) is 0 Å². The van der Waals surface area contributed by atoms with Gasteiger partial charge in [0.05, 0.1) is 6.54 Å². The first-order chi connectivity index (χ1) is 8.20. The maximum absolute atomic E-state index is 11.8. The van der Waals surface area contributed by atoms with Gasteiger partial charge in [-0.1, -0.05) is 6.07 Å². The lowest BCUT2D eigenvalue weighted by molar-refractivity contribution is 0.0994. The van der Waals surface area contributed by atoms with Gasteiger partial charge in [0.2, 0.25) is 0 Å². The van der Waals surface area contributed by atoms with E-state index in [9.17, 15) is 4.79 Å². The zero-order valence-corrected chi connectivity index (χ0v) is 9.43. The number of hydrogen-bond acceptors (Lipinski definition) is 4. The molecule has 0 aliphatic rings. The second-order valence-electron chi connectivity index (χ2n) is 3.59. The smallest absolute Gasteiger partial charge is 0.292 e. The average Bonchev–Trinajstić information content (AvgIpc) is 2.81. The lowest BCUT2D eigenvalue weighted by Gasteiger charge is -2.04. The molecular weight excluding hydrogens is 218 g/mol. The molecule has 0 fully saturated rings. The summed E-state index contributed by atoms with van der Waals surface area (Å²) in [6, 6.07) is 6.95. The Labute approximate surface area is 98.6 Å². The average molecular weight is 231 g/mol. The third kappa shape index (κ3) is 2.51. The number of pyridine rings is 1. The van der Waals surface area contributed by atoms with Crippen LogP contribution in [0.2, 0.25) is 0 Å². The molecule has 0 bridgehead atoms. The molecule has 0 saturated carbocycles. The van der Waals surface area contributed by atoms with Crippen molar-refractivity contribution in [3.05, 3.63) is 47.5 Å². The van der Waals surface area contributed by atoms with Crippen molar-refractivity contribution >= 4 is 11.7 Å². The summed E-state index contributed by atoms with van der Waals surface area (Å²) in [4.78, 5) is 15.9. The van der Waals surface area contributed by atoms with Gasteiger partial charge in [0, 0.05) is 6.20 Å². The molecule has 0 unspecified atom stereocenters. The van der Waals surface area contributed by atoms with E-state index in [4.69, 9.17) is 10.2 Å². The first-order valence-corrected chi connectivity index (χ1v) is 5.22. The first kappa shape index (κ1) is 11.3. The number of anilines is 1. The van der Waals surface area contributed by atoms with Crippen LogP contribution < -0.4 is 11.1 Å². The molecule has 0 aromatic carbocycles. The fraction of sp³-hybridized carbons (Fsp3) is 0.167. The highest BCUT2D eigenvalue weighted by atomic mass is 16.4. The number of furan rings is 1. The number of aromatic nitrogens is 1. The van der Waals surface area contributed by atoms with Gasteiger partial charge in [-0.15, -0.1) is 0 Å². The van der Waals surface area contributed by atoms with Crippen molar-refractivity contribution in [3.63, 3.8) is 0 Å². The summed E-state index contributed by atoms with van der Waals surface area (Å²) in [6.45, 7) is 2.14. The van der Waals surface area contributed by atoms with Crippen molar-refractivity contribution in [3.8, 4) is 0 Å². The molecule has 88 valence electrons. The molecule has 5 heteroatoms. The zero-order chi connectivity index (χ0) is 12.3. The van der Waals surface area contributed by atoms with Gasteiger partial charge in [-0.05, 0) is 30.7 Å². The van der Waals surface area contributed by atoms with Gasteiger partial charge >= 0.3 is 0 Å². The van der Waals surface area contributed by atoms with E-state index in [0.29, 0.717) is 11.6 Å². The molecule has 1 amide bonds. The topological polar surface area (TPSA) is 81.2 Å². The largest absolute Gasteiger partial charge is 0.455 e. The molecule has 2 heterocycles. The number of nitrogens with two attached hydrogens (primary N) is 1. The number of hydrogen-bond donors (Lipinski definition) is 2. The Kier molecular flexibility index (Phi) is 3.20. The minimum absolute atomic E-state index is 0.232. The van der Waals surface area contributed by atoms with Crippen LogP contribution in [0.15, 0.2) is 34.9 Å². The van der Waals surface area contributed by atoms with Gasteiger partial charge in [0.1, 0.15) is 11.6 Å². The monoisotopic (exact) mass is 231 g/mol. The fourth-order valence-electron chi connectivity index (χ4n) is 1.40. The Morgan fingerprint density at radius 2 is 2.29 bits per heavy atom. The van der Waals surface area contributed by atoms with Crippen molar-refractivity contribution in [2.24, 2.45) is 5.73 Å². The summed E-state index contributed by atoms with van der Waals surface area (Å²) in [6.07, 6.45) is 1.62. The zero-order valence-electron chi connectivity index (χ0n) is 9.43. The van der Waals surface area contributed by atoms with E-state index >= 15 is 0 Å². The van der Waals surface area contributed by atoms with Crippen LogP contribution >= 0.6 is 0 Å². The van der Waals surface area contributed by atoms with Gasteiger partial charge in [-0.2, -0.15) is 0 Å². The van der Waals surface area contributed by atoms with Crippen molar-refractivity contribution in [1.82, 2.24) is 4.98 Å². The first-order valence-electron chi connectivity index (χ1n) is 5.22. The standard InChI is InChI=1S/C12H13N3O2/c1-8-3-2-6-14-11(8)15-12(16)10-5-4-9(7-13)17-10/h2-6H,7,13H2,1H3,(H,14,15,16). The van der Waals surface area contributed by atoms with Crippen molar-refractivity contribution in [2.75, 3.05) is 5.32 Å². The van der Waals surface area contributed by atoms with E-state index in [2.05, 4.69) is 10.3 Å². The number of nitrogens with one attached hydrogen (secondary N) is 1. The summed E-state index contributed by atoms with van der Waals surface area (Å²) < 4.78 is 5.24.